The maximum Gasteiger partial charge on any atom is 0.311 e. The number of hydrogen-bond donors (Lipinski definition) is 1. The van der Waals surface area contributed by atoms with Gasteiger partial charge in [-0.3, -0.25) is 10.2 Å². The molecular formula is C15H18N4O2S. The van der Waals surface area contributed by atoms with Crippen LogP contribution in [0, 0.1) is 0 Å². The molecule has 1 aromatic heterocycles. The van der Waals surface area contributed by atoms with Crippen LogP contribution in [0.1, 0.15) is 11.3 Å². The van der Waals surface area contributed by atoms with Gasteiger partial charge in [-0.15, -0.1) is 11.3 Å². The maximum absolute atomic E-state index is 11.2. The zero-order valence-electron chi connectivity index (χ0n) is 12.7. The fourth-order valence-electron chi connectivity index (χ4n) is 1.68. The van der Waals surface area contributed by atoms with E-state index in [1.165, 1.54) is 18.4 Å². The molecule has 7 heteroatoms. The van der Waals surface area contributed by atoms with Gasteiger partial charge in [0.2, 0.25) is 5.13 Å². The molecule has 0 amide bonds. The number of methoxy groups -OCH3 is 1. The van der Waals surface area contributed by atoms with E-state index < -0.39 is 0 Å². The standard InChI is InChI=1S/C15H18N4O2S/c1-19(2)13-6-4-11(5-7-13)9-16-18-15-17-12(10-22-15)8-14(20)21-3/h4-7,9-10H,8H2,1-3H3,(H,17,18)/b16-9-. The molecule has 0 atom stereocenters. The average molecular weight is 318 g/mol. The van der Waals surface area contributed by atoms with Crippen molar-refractivity contribution in [1.29, 1.82) is 0 Å². The molecule has 0 spiro atoms. The average Bonchev–Trinajstić information content (AvgIpc) is 2.95. The predicted octanol–water partition coefficient (Wildman–Crippen LogP) is 2.37. The van der Waals surface area contributed by atoms with Crippen LogP contribution in [0.15, 0.2) is 34.7 Å². The summed E-state index contributed by atoms with van der Waals surface area (Å²) < 4.78 is 4.60. The van der Waals surface area contributed by atoms with Crippen LogP contribution in [0.4, 0.5) is 10.8 Å². The highest BCUT2D eigenvalue weighted by Gasteiger charge is 2.06. The van der Waals surface area contributed by atoms with E-state index in [2.05, 4.69) is 20.2 Å². The lowest BCUT2D eigenvalue weighted by Crippen LogP contribution is -2.08. The number of anilines is 2. The SMILES string of the molecule is COC(=O)Cc1csc(N/N=C\c2ccc(N(C)C)cc2)n1. The second kappa shape index (κ2) is 7.56. The molecule has 6 nitrogen and oxygen atoms in total. The zero-order valence-corrected chi connectivity index (χ0v) is 13.6. The van der Waals surface area contributed by atoms with Gasteiger partial charge in [0.25, 0.3) is 0 Å². The highest BCUT2D eigenvalue weighted by Crippen LogP contribution is 2.16. The smallest absolute Gasteiger partial charge is 0.311 e. The van der Waals surface area contributed by atoms with E-state index in [9.17, 15) is 4.79 Å². The van der Waals surface area contributed by atoms with Crippen molar-refractivity contribution in [3.8, 4) is 0 Å². The van der Waals surface area contributed by atoms with Crippen molar-refractivity contribution in [2.24, 2.45) is 5.10 Å². The van der Waals surface area contributed by atoms with Gasteiger partial charge in [0, 0.05) is 25.2 Å². The van der Waals surface area contributed by atoms with Crippen molar-refractivity contribution in [3.05, 3.63) is 40.9 Å². The second-order valence-electron chi connectivity index (χ2n) is 4.75. The van der Waals surface area contributed by atoms with Gasteiger partial charge < -0.3 is 9.64 Å². The van der Waals surface area contributed by atoms with Crippen molar-refractivity contribution in [2.75, 3.05) is 31.5 Å². The molecule has 0 saturated heterocycles. The first kappa shape index (κ1) is 16.0. The Bertz CT molecular complexity index is 650. The Morgan fingerprint density at radius 2 is 2.14 bits per heavy atom. The van der Waals surface area contributed by atoms with Gasteiger partial charge >= 0.3 is 5.97 Å². The van der Waals surface area contributed by atoms with E-state index in [4.69, 9.17) is 0 Å². The van der Waals surface area contributed by atoms with Gasteiger partial charge in [0.15, 0.2) is 0 Å². The van der Waals surface area contributed by atoms with Crippen molar-refractivity contribution < 1.29 is 9.53 Å². The van der Waals surface area contributed by atoms with E-state index >= 15 is 0 Å². The fourth-order valence-corrected chi connectivity index (χ4v) is 2.34. The molecular weight excluding hydrogens is 300 g/mol. The Morgan fingerprint density at radius 1 is 1.41 bits per heavy atom. The Labute approximate surface area is 133 Å². The summed E-state index contributed by atoms with van der Waals surface area (Å²) in [7, 11) is 5.36. The third kappa shape index (κ3) is 4.56. The maximum atomic E-state index is 11.2. The number of carbonyl (C=O) groups excluding carboxylic acids is 1. The molecule has 1 N–H and O–H groups in total. The van der Waals surface area contributed by atoms with E-state index in [0.29, 0.717) is 10.8 Å². The van der Waals surface area contributed by atoms with Crippen molar-refractivity contribution in [3.63, 3.8) is 0 Å². The number of nitrogens with one attached hydrogen (secondary N) is 1. The minimum absolute atomic E-state index is 0.171. The molecule has 0 bridgehead atoms. The molecule has 1 heterocycles. The second-order valence-corrected chi connectivity index (χ2v) is 5.61. The lowest BCUT2D eigenvalue weighted by Gasteiger charge is -2.11. The summed E-state index contributed by atoms with van der Waals surface area (Å²) in [6, 6.07) is 8.04. The molecule has 2 rings (SSSR count). The summed E-state index contributed by atoms with van der Waals surface area (Å²) in [6.45, 7) is 0. The van der Waals surface area contributed by atoms with Gasteiger partial charge in [-0.25, -0.2) is 4.98 Å². The first-order chi connectivity index (χ1) is 10.6. The number of benzene rings is 1. The molecule has 0 aliphatic carbocycles. The molecule has 116 valence electrons. The summed E-state index contributed by atoms with van der Waals surface area (Å²) in [6.07, 6.45) is 1.89. The van der Waals surface area contributed by atoms with E-state index in [0.717, 1.165) is 11.3 Å². The number of esters is 1. The number of rotatable bonds is 6. The van der Waals surface area contributed by atoms with Gasteiger partial charge in [-0.2, -0.15) is 5.10 Å². The fraction of sp³-hybridized carbons (Fsp3) is 0.267. The lowest BCUT2D eigenvalue weighted by molar-refractivity contribution is -0.139. The zero-order chi connectivity index (χ0) is 15.9. The van der Waals surface area contributed by atoms with Crippen LogP contribution in [-0.4, -0.2) is 38.4 Å². The largest absolute Gasteiger partial charge is 0.469 e. The highest BCUT2D eigenvalue weighted by atomic mass is 32.1. The molecule has 0 aliphatic heterocycles. The lowest BCUT2D eigenvalue weighted by atomic mass is 10.2. The molecule has 0 saturated carbocycles. The first-order valence-corrected chi connectivity index (χ1v) is 7.54. The van der Waals surface area contributed by atoms with Crippen LogP contribution in [0.2, 0.25) is 0 Å². The van der Waals surface area contributed by atoms with Crippen LogP contribution < -0.4 is 10.3 Å². The minimum atomic E-state index is -0.304. The van der Waals surface area contributed by atoms with Crippen LogP contribution >= 0.6 is 11.3 Å². The molecule has 0 aliphatic rings. The molecule has 0 radical (unpaired) electrons. The number of ether oxygens (including phenoxy) is 1. The summed E-state index contributed by atoms with van der Waals surface area (Å²) in [5.41, 5.74) is 5.65. The van der Waals surface area contributed by atoms with Gasteiger partial charge in [0.05, 0.1) is 25.4 Å². The van der Waals surface area contributed by atoms with E-state index in [1.54, 1.807) is 11.6 Å². The van der Waals surface area contributed by atoms with Gasteiger partial charge in [0.1, 0.15) is 0 Å². The van der Waals surface area contributed by atoms with Gasteiger partial charge in [-0.1, -0.05) is 12.1 Å². The van der Waals surface area contributed by atoms with Crippen LogP contribution in [-0.2, 0) is 16.0 Å². The Hall–Kier alpha value is -2.41. The summed E-state index contributed by atoms with van der Waals surface area (Å²) in [5, 5.41) is 6.59. The Kier molecular flexibility index (Phi) is 5.48. The predicted molar refractivity (Wildman–Crippen MR) is 89.8 cm³/mol. The molecule has 0 unspecified atom stereocenters. The number of hydrazone groups is 1. The van der Waals surface area contributed by atoms with Crippen molar-refractivity contribution >= 4 is 34.3 Å². The summed E-state index contributed by atoms with van der Waals surface area (Å²) in [5.74, 6) is -0.304. The van der Waals surface area contributed by atoms with Crippen molar-refractivity contribution in [2.45, 2.75) is 6.42 Å². The number of thiazole rings is 1. The Morgan fingerprint density at radius 3 is 2.77 bits per heavy atom. The third-order valence-corrected chi connectivity index (χ3v) is 3.68. The number of carbonyl (C=O) groups is 1. The number of nitrogens with zero attached hydrogens (tertiary/aromatic N) is 3. The van der Waals surface area contributed by atoms with Crippen LogP contribution in [0.5, 0.6) is 0 Å². The minimum Gasteiger partial charge on any atom is -0.469 e. The number of aromatic nitrogens is 1. The summed E-state index contributed by atoms with van der Waals surface area (Å²) >= 11 is 1.39. The van der Waals surface area contributed by atoms with E-state index in [1.807, 2.05) is 43.3 Å². The molecule has 22 heavy (non-hydrogen) atoms. The van der Waals surface area contributed by atoms with Crippen molar-refractivity contribution in [1.82, 2.24) is 4.98 Å². The van der Waals surface area contributed by atoms with E-state index in [-0.39, 0.29) is 12.4 Å². The van der Waals surface area contributed by atoms with Crippen LogP contribution in [0.25, 0.3) is 0 Å². The summed E-state index contributed by atoms with van der Waals surface area (Å²) in [4.78, 5) is 17.4. The van der Waals surface area contributed by atoms with Crippen LogP contribution in [0.3, 0.4) is 0 Å². The Balaban J connectivity index is 1.90. The van der Waals surface area contributed by atoms with Gasteiger partial charge in [-0.05, 0) is 17.7 Å². The number of hydrogen-bond acceptors (Lipinski definition) is 7. The topological polar surface area (TPSA) is 66.8 Å². The quantitative estimate of drug-likeness (QED) is 0.503. The first-order valence-electron chi connectivity index (χ1n) is 6.66. The third-order valence-electron chi connectivity index (χ3n) is 2.89. The normalized spacial score (nSPS) is 10.7. The molecule has 1 aromatic carbocycles. The monoisotopic (exact) mass is 318 g/mol. The molecule has 2 aromatic rings. The highest BCUT2D eigenvalue weighted by molar-refractivity contribution is 7.13. The molecule has 0 fully saturated rings.